The van der Waals surface area contributed by atoms with Crippen molar-refractivity contribution < 1.29 is 19.1 Å². The van der Waals surface area contributed by atoms with Crippen LogP contribution in [0, 0.1) is 6.92 Å². The summed E-state index contributed by atoms with van der Waals surface area (Å²) in [6.07, 6.45) is 2.71. The number of aryl methyl sites for hydroxylation is 1. The Labute approximate surface area is 129 Å². The summed E-state index contributed by atoms with van der Waals surface area (Å²) in [6, 6.07) is 3.06. The first-order valence-electron chi connectivity index (χ1n) is 6.58. The lowest BCUT2D eigenvalue weighted by Crippen LogP contribution is -2.26. The van der Waals surface area contributed by atoms with Crippen molar-refractivity contribution in [3.63, 3.8) is 0 Å². The number of rotatable bonds is 5. The van der Waals surface area contributed by atoms with Crippen LogP contribution in [-0.2, 0) is 9.53 Å². The van der Waals surface area contributed by atoms with Gasteiger partial charge in [-0.1, -0.05) is 6.08 Å². The first-order valence-corrected chi connectivity index (χ1v) is 6.58. The lowest BCUT2D eigenvalue weighted by atomic mass is 10.1. The zero-order valence-corrected chi connectivity index (χ0v) is 13.0. The molecule has 7 heteroatoms. The standard InChI is InChI=1S/C15H19N3O4/c1-10-11(7-8-12(17-10)15(21)18(2)3)14(20)16-9-5-6-13(19)22-4/h5-8H,9H2,1-4H3,(H,16,20)/b6-5+. The van der Waals surface area contributed by atoms with E-state index in [4.69, 9.17) is 0 Å². The minimum Gasteiger partial charge on any atom is -0.466 e. The minimum absolute atomic E-state index is 0.186. The summed E-state index contributed by atoms with van der Waals surface area (Å²) >= 11 is 0. The third kappa shape index (κ3) is 4.69. The van der Waals surface area contributed by atoms with Crippen LogP contribution in [0.25, 0.3) is 0 Å². The molecule has 0 aliphatic rings. The molecular weight excluding hydrogens is 286 g/mol. The fourth-order valence-electron chi connectivity index (χ4n) is 1.62. The lowest BCUT2D eigenvalue weighted by Gasteiger charge is -2.11. The maximum atomic E-state index is 12.0. The highest BCUT2D eigenvalue weighted by Crippen LogP contribution is 2.08. The van der Waals surface area contributed by atoms with Crippen molar-refractivity contribution >= 4 is 17.8 Å². The molecule has 118 valence electrons. The zero-order chi connectivity index (χ0) is 16.7. The summed E-state index contributed by atoms with van der Waals surface area (Å²) in [5.74, 6) is -1.04. The number of pyridine rings is 1. The number of methoxy groups -OCH3 is 1. The molecule has 0 unspecified atom stereocenters. The molecule has 0 radical (unpaired) electrons. The van der Waals surface area contributed by atoms with Crippen molar-refractivity contribution in [2.24, 2.45) is 0 Å². The SMILES string of the molecule is COC(=O)/C=C/CNC(=O)c1ccc(C(=O)N(C)C)nc1C. The van der Waals surface area contributed by atoms with E-state index in [0.29, 0.717) is 11.3 Å². The highest BCUT2D eigenvalue weighted by molar-refractivity contribution is 5.97. The second kappa shape index (κ2) is 7.92. The van der Waals surface area contributed by atoms with Crippen molar-refractivity contribution in [1.82, 2.24) is 15.2 Å². The van der Waals surface area contributed by atoms with Crippen LogP contribution in [0.4, 0.5) is 0 Å². The second-order valence-electron chi connectivity index (χ2n) is 4.66. The smallest absolute Gasteiger partial charge is 0.330 e. The van der Waals surface area contributed by atoms with Gasteiger partial charge in [0.05, 0.1) is 18.4 Å². The number of hydrogen-bond donors (Lipinski definition) is 1. The van der Waals surface area contributed by atoms with Gasteiger partial charge in [-0.15, -0.1) is 0 Å². The molecule has 2 amide bonds. The molecule has 0 aliphatic carbocycles. The third-order valence-electron chi connectivity index (χ3n) is 2.79. The first-order chi connectivity index (χ1) is 10.4. The zero-order valence-electron chi connectivity index (χ0n) is 13.0. The molecule has 1 rings (SSSR count). The third-order valence-corrected chi connectivity index (χ3v) is 2.79. The normalized spacial score (nSPS) is 10.4. The van der Waals surface area contributed by atoms with Crippen LogP contribution in [0.15, 0.2) is 24.3 Å². The molecule has 0 bridgehead atoms. The average Bonchev–Trinajstić information content (AvgIpc) is 2.49. The molecule has 0 spiro atoms. The van der Waals surface area contributed by atoms with Crippen molar-refractivity contribution in [3.05, 3.63) is 41.2 Å². The summed E-state index contributed by atoms with van der Waals surface area (Å²) in [5, 5.41) is 2.62. The van der Waals surface area contributed by atoms with Gasteiger partial charge in [0, 0.05) is 26.7 Å². The van der Waals surface area contributed by atoms with Gasteiger partial charge in [-0.05, 0) is 19.1 Å². The molecule has 0 saturated carbocycles. The maximum Gasteiger partial charge on any atom is 0.330 e. The van der Waals surface area contributed by atoms with Crippen molar-refractivity contribution in [3.8, 4) is 0 Å². The molecule has 0 aliphatic heterocycles. The van der Waals surface area contributed by atoms with E-state index in [0.717, 1.165) is 0 Å². The van der Waals surface area contributed by atoms with Gasteiger partial charge in [0.25, 0.3) is 11.8 Å². The van der Waals surface area contributed by atoms with Crippen LogP contribution >= 0.6 is 0 Å². The summed E-state index contributed by atoms with van der Waals surface area (Å²) in [6.45, 7) is 1.84. The van der Waals surface area contributed by atoms with E-state index < -0.39 is 5.97 Å². The Bertz CT molecular complexity index is 609. The summed E-state index contributed by atoms with van der Waals surface area (Å²) in [5.41, 5.74) is 1.12. The average molecular weight is 305 g/mol. The maximum absolute atomic E-state index is 12.0. The molecule has 22 heavy (non-hydrogen) atoms. The van der Waals surface area contributed by atoms with Crippen LogP contribution in [-0.4, -0.2) is 55.4 Å². The number of esters is 1. The first kappa shape index (κ1) is 17.4. The molecule has 1 heterocycles. The van der Waals surface area contributed by atoms with Crippen LogP contribution < -0.4 is 5.32 Å². The Hall–Kier alpha value is -2.70. The topological polar surface area (TPSA) is 88.6 Å². The van der Waals surface area contributed by atoms with Gasteiger partial charge < -0.3 is 15.0 Å². The van der Waals surface area contributed by atoms with Crippen molar-refractivity contribution in [2.45, 2.75) is 6.92 Å². The highest BCUT2D eigenvalue weighted by atomic mass is 16.5. The number of nitrogens with zero attached hydrogens (tertiary/aromatic N) is 2. The molecule has 0 saturated heterocycles. The predicted octanol–water partition coefficient (Wildman–Crippen LogP) is 0.551. The van der Waals surface area contributed by atoms with E-state index in [-0.39, 0.29) is 24.1 Å². The minimum atomic E-state index is -0.487. The number of hydrogen-bond acceptors (Lipinski definition) is 5. The van der Waals surface area contributed by atoms with Gasteiger partial charge in [-0.25, -0.2) is 9.78 Å². The second-order valence-corrected chi connectivity index (χ2v) is 4.66. The largest absolute Gasteiger partial charge is 0.466 e. The number of amides is 2. The molecule has 1 aromatic heterocycles. The van der Waals surface area contributed by atoms with Crippen molar-refractivity contribution in [1.29, 1.82) is 0 Å². The van der Waals surface area contributed by atoms with Gasteiger partial charge in [0.1, 0.15) is 5.69 Å². The molecule has 0 fully saturated rings. The lowest BCUT2D eigenvalue weighted by molar-refractivity contribution is -0.134. The van der Waals surface area contributed by atoms with Crippen LogP contribution in [0.2, 0.25) is 0 Å². The van der Waals surface area contributed by atoms with Gasteiger partial charge in [0.15, 0.2) is 0 Å². The molecule has 0 atom stereocenters. The van der Waals surface area contributed by atoms with Gasteiger partial charge in [-0.2, -0.15) is 0 Å². The van der Waals surface area contributed by atoms with Crippen molar-refractivity contribution in [2.75, 3.05) is 27.7 Å². The number of nitrogens with one attached hydrogen (secondary N) is 1. The fraction of sp³-hybridized carbons (Fsp3) is 0.333. The van der Waals surface area contributed by atoms with E-state index in [1.54, 1.807) is 27.1 Å². The summed E-state index contributed by atoms with van der Waals surface area (Å²) in [4.78, 5) is 40.2. The number of aromatic nitrogens is 1. The number of carbonyl (C=O) groups excluding carboxylic acids is 3. The Balaban J connectivity index is 2.73. The highest BCUT2D eigenvalue weighted by Gasteiger charge is 2.14. The Morgan fingerprint density at radius 3 is 2.55 bits per heavy atom. The van der Waals surface area contributed by atoms with E-state index >= 15 is 0 Å². The Kier molecular flexibility index (Phi) is 6.25. The van der Waals surface area contributed by atoms with Gasteiger partial charge in [-0.3, -0.25) is 9.59 Å². The molecule has 7 nitrogen and oxygen atoms in total. The number of carbonyl (C=O) groups is 3. The van der Waals surface area contributed by atoms with Crippen LogP contribution in [0.3, 0.4) is 0 Å². The van der Waals surface area contributed by atoms with E-state index in [1.807, 2.05) is 0 Å². The molecule has 0 aromatic carbocycles. The van der Waals surface area contributed by atoms with E-state index in [9.17, 15) is 14.4 Å². The van der Waals surface area contributed by atoms with Crippen LogP contribution in [0.1, 0.15) is 26.5 Å². The van der Waals surface area contributed by atoms with Crippen LogP contribution in [0.5, 0.6) is 0 Å². The van der Waals surface area contributed by atoms with Gasteiger partial charge in [0.2, 0.25) is 0 Å². The molecule has 1 N–H and O–H groups in total. The monoisotopic (exact) mass is 305 g/mol. The Morgan fingerprint density at radius 1 is 1.32 bits per heavy atom. The summed E-state index contributed by atoms with van der Waals surface area (Å²) < 4.78 is 4.43. The molecule has 1 aromatic rings. The van der Waals surface area contributed by atoms with Gasteiger partial charge >= 0.3 is 5.97 Å². The molecular formula is C15H19N3O4. The summed E-state index contributed by atoms with van der Waals surface area (Å²) in [7, 11) is 4.54. The van der Waals surface area contributed by atoms with E-state index in [1.165, 1.54) is 30.2 Å². The van der Waals surface area contributed by atoms with E-state index in [2.05, 4.69) is 15.0 Å². The number of ether oxygens (including phenoxy) is 1. The predicted molar refractivity (Wildman–Crippen MR) is 80.5 cm³/mol. The fourth-order valence-corrected chi connectivity index (χ4v) is 1.62. The Morgan fingerprint density at radius 2 is 2.00 bits per heavy atom. The quantitative estimate of drug-likeness (QED) is 0.634.